The molecule has 0 fully saturated rings. The van der Waals surface area contributed by atoms with E-state index in [1.165, 1.54) is 35.9 Å². The Morgan fingerprint density at radius 1 is 1.26 bits per heavy atom. The van der Waals surface area contributed by atoms with Gasteiger partial charge in [0.1, 0.15) is 0 Å². The number of aryl methyl sites for hydroxylation is 2. The first-order valence-corrected chi connectivity index (χ1v) is 7.17. The fourth-order valence-corrected chi connectivity index (χ4v) is 3.13. The van der Waals surface area contributed by atoms with Gasteiger partial charge in [-0.2, -0.15) is 0 Å². The summed E-state index contributed by atoms with van der Waals surface area (Å²) in [6.45, 7) is 2.04. The first-order chi connectivity index (χ1) is 9.26. The van der Waals surface area contributed by atoms with E-state index in [9.17, 15) is 4.79 Å². The van der Waals surface area contributed by atoms with Crippen molar-refractivity contribution in [2.75, 3.05) is 0 Å². The lowest BCUT2D eigenvalue weighted by Gasteiger charge is -2.16. The largest absolute Gasteiger partial charge is 0.447 e. The lowest BCUT2D eigenvalue weighted by atomic mass is 9.95. The van der Waals surface area contributed by atoms with Gasteiger partial charge in [0.15, 0.2) is 22.3 Å². The van der Waals surface area contributed by atoms with Crippen LogP contribution in [-0.2, 0) is 12.8 Å². The van der Waals surface area contributed by atoms with Crippen molar-refractivity contribution < 1.29 is 9.21 Å². The number of rotatable bonds is 3. The smallest absolute Gasteiger partial charge is 0.195 e. The van der Waals surface area contributed by atoms with Crippen molar-refractivity contribution in [3.8, 4) is 0 Å². The maximum atomic E-state index is 10.6. The number of carbonyl (C=O) groups excluding carboxylic acids is 1. The Balaban J connectivity index is 1.88. The van der Waals surface area contributed by atoms with Gasteiger partial charge in [0.05, 0.1) is 0 Å². The summed E-state index contributed by atoms with van der Waals surface area (Å²) in [5, 5.41) is 1.35. The normalized spacial score (nSPS) is 14.2. The van der Waals surface area contributed by atoms with Crippen LogP contribution in [0.5, 0.6) is 0 Å². The molecule has 1 aliphatic rings. The van der Waals surface area contributed by atoms with Crippen molar-refractivity contribution in [2.24, 2.45) is 0 Å². The van der Waals surface area contributed by atoms with Gasteiger partial charge in [-0.05, 0) is 62.1 Å². The van der Waals surface area contributed by atoms with Crippen LogP contribution in [0.25, 0.3) is 0 Å². The number of hydrogen-bond acceptors (Lipinski definition) is 5. The minimum atomic E-state index is 0.331. The Morgan fingerprint density at radius 3 is 2.89 bits per heavy atom. The minimum Gasteiger partial charge on any atom is -0.447 e. The van der Waals surface area contributed by atoms with E-state index in [1.807, 2.05) is 6.92 Å². The third kappa shape index (κ3) is 2.56. The lowest BCUT2D eigenvalue weighted by Crippen LogP contribution is -2.10. The van der Waals surface area contributed by atoms with E-state index in [-0.39, 0.29) is 0 Å². The molecule has 0 radical (unpaired) electrons. The summed E-state index contributed by atoms with van der Waals surface area (Å²) < 4.78 is 5.34. The molecule has 0 spiro atoms. The number of furan rings is 1. The van der Waals surface area contributed by atoms with Crippen molar-refractivity contribution in [2.45, 2.75) is 42.9 Å². The number of carbonyl (C=O) groups is 1. The summed E-state index contributed by atoms with van der Waals surface area (Å²) >= 11 is 1.36. The monoisotopic (exact) mass is 274 g/mol. The Kier molecular flexibility index (Phi) is 3.38. The molecule has 0 aliphatic heterocycles. The van der Waals surface area contributed by atoms with Gasteiger partial charge in [-0.1, -0.05) is 0 Å². The molecule has 2 heterocycles. The molecule has 3 rings (SSSR count). The third-order valence-electron chi connectivity index (χ3n) is 3.28. The van der Waals surface area contributed by atoms with Crippen LogP contribution in [0.2, 0.25) is 0 Å². The third-order valence-corrected chi connectivity index (χ3v) is 4.07. The Morgan fingerprint density at radius 2 is 2.11 bits per heavy atom. The summed E-state index contributed by atoms with van der Waals surface area (Å²) in [7, 11) is 0. The highest BCUT2D eigenvalue weighted by atomic mass is 32.2. The quantitative estimate of drug-likeness (QED) is 0.635. The molecular weight excluding hydrogens is 260 g/mol. The van der Waals surface area contributed by atoms with Gasteiger partial charge in [-0.15, -0.1) is 0 Å². The van der Waals surface area contributed by atoms with Crippen molar-refractivity contribution >= 4 is 18.0 Å². The number of nitrogens with zero attached hydrogens (tertiary/aromatic N) is 2. The van der Waals surface area contributed by atoms with Gasteiger partial charge in [0, 0.05) is 11.4 Å². The highest BCUT2D eigenvalue weighted by Crippen LogP contribution is 2.29. The topological polar surface area (TPSA) is 56.0 Å². The lowest BCUT2D eigenvalue weighted by molar-refractivity contribution is 0.109. The zero-order valence-corrected chi connectivity index (χ0v) is 11.5. The molecule has 1 aliphatic carbocycles. The van der Waals surface area contributed by atoms with Crippen LogP contribution in [-0.4, -0.2) is 16.3 Å². The minimum absolute atomic E-state index is 0.331. The molecule has 2 aromatic rings. The van der Waals surface area contributed by atoms with Crippen molar-refractivity contribution in [1.29, 1.82) is 0 Å². The average molecular weight is 274 g/mol. The van der Waals surface area contributed by atoms with Gasteiger partial charge < -0.3 is 4.42 Å². The number of hydrogen-bond donors (Lipinski definition) is 0. The van der Waals surface area contributed by atoms with E-state index in [2.05, 4.69) is 9.97 Å². The standard InChI is InChI=1S/C14H14N2O2S/c1-9-11-4-2-3-5-12(11)16-14(15-9)19-13-7-6-10(8-17)18-13/h6-8H,2-5H2,1H3. The zero-order valence-electron chi connectivity index (χ0n) is 10.7. The molecular formula is C14H14N2O2S. The second kappa shape index (κ2) is 5.17. The van der Waals surface area contributed by atoms with Gasteiger partial charge in [0.2, 0.25) is 0 Å². The van der Waals surface area contributed by atoms with Crippen LogP contribution in [0.15, 0.2) is 26.8 Å². The first-order valence-electron chi connectivity index (χ1n) is 6.35. The van der Waals surface area contributed by atoms with Crippen molar-refractivity contribution in [3.63, 3.8) is 0 Å². The van der Waals surface area contributed by atoms with Crippen LogP contribution in [0.3, 0.4) is 0 Å². The molecule has 0 saturated carbocycles. The summed E-state index contributed by atoms with van der Waals surface area (Å²) in [6.07, 6.45) is 5.24. The fraction of sp³-hybridized carbons (Fsp3) is 0.357. The highest BCUT2D eigenvalue weighted by molar-refractivity contribution is 7.99. The van der Waals surface area contributed by atoms with E-state index in [1.54, 1.807) is 12.1 Å². The summed E-state index contributed by atoms with van der Waals surface area (Å²) in [6, 6.07) is 3.42. The summed E-state index contributed by atoms with van der Waals surface area (Å²) in [5.41, 5.74) is 3.54. The molecule has 0 amide bonds. The van der Waals surface area contributed by atoms with Gasteiger partial charge in [-0.3, -0.25) is 4.79 Å². The second-order valence-electron chi connectivity index (χ2n) is 4.60. The number of aldehydes is 1. The van der Waals surface area contributed by atoms with Crippen LogP contribution < -0.4 is 0 Å². The van der Waals surface area contributed by atoms with Gasteiger partial charge in [-0.25, -0.2) is 9.97 Å². The molecule has 0 unspecified atom stereocenters. The predicted molar refractivity (Wildman–Crippen MR) is 71.6 cm³/mol. The summed E-state index contributed by atoms with van der Waals surface area (Å²) in [5.74, 6) is 0.331. The van der Waals surface area contributed by atoms with Crippen molar-refractivity contribution in [3.05, 3.63) is 34.8 Å². The molecule has 4 nitrogen and oxygen atoms in total. The van der Waals surface area contributed by atoms with Gasteiger partial charge in [0.25, 0.3) is 0 Å². The van der Waals surface area contributed by atoms with Crippen LogP contribution in [0, 0.1) is 6.92 Å². The van der Waals surface area contributed by atoms with Crippen LogP contribution in [0.4, 0.5) is 0 Å². The maximum Gasteiger partial charge on any atom is 0.195 e. The molecule has 0 atom stereocenters. The van der Waals surface area contributed by atoms with E-state index >= 15 is 0 Å². The van der Waals surface area contributed by atoms with E-state index in [4.69, 9.17) is 4.42 Å². The summed E-state index contributed by atoms with van der Waals surface area (Å²) in [4.78, 5) is 19.7. The zero-order chi connectivity index (χ0) is 13.2. The van der Waals surface area contributed by atoms with E-state index < -0.39 is 0 Å². The van der Waals surface area contributed by atoms with Crippen molar-refractivity contribution in [1.82, 2.24) is 9.97 Å². The van der Waals surface area contributed by atoms with Crippen LogP contribution >= 0.6 is 11.8 Å². The first kappa shape index (κ1) is 12.4. The molecule has 5 heteroatoms. The molecule has 0 aromatic carbocycles. The Labute approximate surface area is 115 Å². The number of fused-ring (bicyclic) bond motifs is 1. The fourth-order valence-electron chi connectivity index (χ4n) is 2.34. The SMILES string of the molecule is Cc1nc(Sc2ccc(C=O)o2)nc2c1CCCC2. The number of aromatic nitrogens is 2. The van der Waals surface area contributed by atoms with Crippen LogP contribution in [0.1, 0.15) is 40.3 Å². The highest BCUT2D eigenvalue weighted by Gasteiger charge is 2.16. The molecule has 0 saturated heterocycles. The molecule has 19 heavy (non-hydrogen) atoms. The molecule has 0 bridgehead atoms. The maximum absolute atomic E-state index is 10.6. The molecule has 0 N–H and O–H groups in total. The average Bonchev–Trinajstić information content (AvgIpc) is 2.86. The van der Waals surface area contributed by atoms with E-state index in [0.29, 0.717) is 22.3 Å². The molecule has 98 valence electrons. The van der Waals surface area contributed by atoms with E-state index in [0.717, 1.165) is 18.5 Å². The molecule has 2 aromatic heterocycles. The van der Waals surface area contributed by atoms with Gasteiger partial charge >= 0.3 is 0 Å². The Bertz CT molecular complexity index is 622. The predicted octanol–water partition coefficient (Wildman–Crippen LogP) is 3.22. The second-order valence-corrected chi connectivity index (χ2v) is 5.57. The Hall–Kier alpha value is -1.62.